The van der Waals surface area contributed by atoms with Crippen molar-refractivity contribution in [1.29, 1.82) is 0 Å². The van der Waals surface area contributed by atoms with E-state index in [0.717, 1.165) is 37.2 Å². The van der Waals surface area contributed by atoms with Gasteiger partial charge in [0.1, 0.15) is 0 Å². The van der Waals surface area contributed by atoms with E-state index in [2.05, 4.69) is 39.8 Å². The fraction of sp³-hybridized carbons (Fsp3) is 0.308. The number of para-hydroxylation sites is 1. The SMILES string of the molecule is C[C@H](NC(=O)CN1CCC(C(=O)Nc2ccccc2)CC1)c1cccc2ccccc12. The lowest BCUT2D eigenvalue weighted by Crippen LogP contribution is -2.43. The number of nitrogens with one attached hydrogen (secondary N) is 2. The Morgan fingerprint density at radius 3 is 2.39 bits per heavy atom. The zero-order valence-electron chi connectivity index (χ0n) is 17.9. The molecule has 0 saturated carbocycles. The van der Waals surface area contributed by atoms with Crippen LogP contribution in [-0.4, -0.2) is 36.3 Å². The molecular formula is C26H29N3O2. The van der Waals surface area contributed by atoms with Crippen molar-refractivity contribution in [2.75, 3.05) is 25.0 Å². The van der Waals surface area contributed by atoms with Crippen LogP contribution >= 0.6 is 0 Å². The number of anilines is 1. The quantitative estimate of drug-likeness (QED) is 0.629. The van der Waals surface area contributed by atoms with Crippen LogP contribution in [-0.2, 0) is 9.59 Å². The Labute approximate surface area is 183 Å². The van der Waals surface area contributed by atoms with Gasteiger partial charge in [-0.2, -0.15) is 0 Å². The molecule has 1 aliphatic rings. The minimum Gasteiger partial charge on any atom is -0.348 e. The van der Waals surface area contributed by atoms with E-state index in [1.165, 1.54) is 10.8 Å². The average Bonchev–Trinajstić information content (AvgIpc) is 2.79. The van der Waals surface area contributed by atoms with Crippen LogP contribution in [0.25, 0.3) is 10.8 Å². The zero-order valence-corrected chi connectivity index (χ0v) is 17.9. The van der Waals surface area contributed by atoms with Gasteiger partial charge in [-0.25, -0.2) is 0 Å². The van der Waals surface area contributed by atoms with Crippen LogP contribution < -0.4 is 10.6 Å². The molecule has 0 spiro atoms. The Balaban J connectivity index is 1.26. The number of likely N-dealkylation sites (tertiary alicyclic amines) is 1. The molecule has 3 aromatic carbocycles. The zero-order chi connectivity index (χ0) is 21.6. The van der Waals surface area contributed by atoms with E-state index in [1.807, 2.05) is 55.5 Å². The molecule has 160 valence electrons. The second-order valence-corrected chi connectivity index (χ2v) is 8.26. The minimum atomic E-state index is -0.0622. The van der Waals surface area contributed by atoms with Crippen molar-refractivity contribution in [1.82, 2.24) is 10.2 Å². The molecule has 1 fully saturated rings. The molecule has 2 N–H and O–H groups in total. The summed E-state index contributed by atoms with van der Waals surface area (Å²) in [6, 6.07) is 23.9. The molecule has 0 bridgehead atoms. The van der Waals surface area contributed by atoms with Gasteiger partial charge in [0, 0.05) is 11.6 Å². The highest BCUT2D eigenvalue weighted by atomic mass is 16.2. The summed E-state index contributed by atoms with van der Waals surface area (Å²) in [5, 5.41) is 8.48. The maximum atomic E-state index is 12.7. The summed E-state index contributed by atoms with van der Waals surface area (Å²) in [5.74, 6) is 0.0848. The number of rotatable bonds is 6. The molecule has 3 aromatic rings. The monoisotopic (exact) mass is 415 g/mol. The first kappa shape index (κ1) is 21.1. The molecule has 1 heterocycles. The van der Waals surface area contributed by atoms with Crippen LogP contribution in [0.1, 0.15) is 31.4 Å². The first-order valence-electron chi connectivity index (χ1n) is 11.0. The summed E-state index contributed by atoms with van der Waals surface area (Å²) >= 11 is 0. The standard InChI is InChI=1S/C26H29N3O2/c1-19(23-13-7-9-20-8-5-6-12-24(20)23)27-25(30)18-29-16-14-21(15-17-29)26(31)28-22-10-3-2-4-11-22/h2-13,19,21H,14-18H2,1H3,(H,27,30)(H,28,31)/t19-/m0/s1. The molecular weight excluding hydrogens is 386 g/mol. The van der Waals surface area contributed by atoms with Gasteiger partial charge < -0.3 is 10.6 Å². The molecule has 0 aliphatic carbocycles. The van der Waals surface area contributed by atoms with Crippen molar-refractivity contribution in [3.63, 3.8) is 0 Å². The van der Waals surface area contributed by atoms with E-state index >= 15 is 0 Å². The molecule has 0 unspecified atom stereocenters. The largest absolute Gasteiger partial charge is 0.348 e. The Morgan fingerprint density at radius 2 is 1.61 bits per heavy atom. The molecule has 2 amide bonds. The predicted molar refractivity (Wildman–Crippen MR) is 125 cm³/mol. The van der Waals surface area contributed by atoms with Gasteiger partial charge in [0.2, 0.25) is 11.8 Å². The number of fused-ring (bicyclic) bond motifs is 1. The maximum absolute atomic E-state index is 12.7. The van der Waals surface area contributed by atoms with Gasteiger partial charge in [-0.15, -0.1) is 0 Å². The fourth-order valence-electron chi connectivity index (χ4n) is 4.32. The summed E-state index contributed by atoms with van der Waals surface area (Å²) in [6.45, 7) is 3.90. The van der Waals surface area contributed by atoms with E-state index in [4.69, 9.17) is 0 Å². The van der Waals surface area contributed by atoms with Gasteiger partial charge in [0.15, 0.2) is 0 Å². The second-order valence-electron chi connectivity index (χ2n) is 8.26. The maximum Gasteiger partial charge on any atom is 0.234 e. The number of carbonyl (C=O) groups is 2. The average molecular weight is 416 g/mol. The number of benzene rings is 3. The molecule has 0 radical (unpaired) electrons. The number of hydrogen-bond acceptors (Lipinski definition) is 3. The van der Waals surface area contributed by atoms with Crippen LogP contribution in [0.3, 0.4) is 0 Å². The summed E-state index contributed by atoms with van der Waals surface area (Å²) in [6.07, 6.45) is 1.54. The van der Waals surface area contributed by atoms with Crippen molar-refractivity contribution in [3.8, 4) is 0 Å². The number of piperidine rings is 1. The van der Waals surface area contributed by atoms with Crippen molar-refractivity contribution in [2.24, 2.45) is 5.92 Å². The van der Waals surface area contributed by atoms with Gasteiger partial charge in [-0.3, -0.25) is 14.5 Å². The third kappa shape index (κ3) is 5.30. The summed E-state index contributed by atoms with van der Waals surface area (Å²) in [7, 11) is 0. The van der Waals surface area contributed by atoms with Gasteiger partial charge in [0.25, 0.3) is 0 Å². The molecule has 0 aromatic heterocycles. The Bertz CT molecular complexity index is 1040. The van der Waals surface area contributed by atoms with Crippen molar-refractivity contribution >= 4 is 28.3 Å². The Kier molecular flexibility index (Phi) is 6.63. The van der Waals surface area contributed by atoms with Gasteiger partial charge in [-0.1, -0.05) is 60.7 Å². The summed E-state index contributed by atoms with van der Waals surface area (Å²) in [5.41, 5.74) is 1.96. The highest BCUT2D eigenvalue weighted by Crippen LogP contribution is 2.24. The van der Waals surface area contributed by atoms with Crippen molar-refractivity contribution < 1.29 is 9.59 Å². The lowest BCUT2D eigenvalue weighted by molar-refractivity contribution is -0.123. The Hall–Kier alpha value is -3.18. The van der Waals surface area contributed by atoms with E-state index in [1.54, 1.807) is 0 Å². The summed E-state index contributed by atoms with van der Waals surface area (Å²) in [4.78, 5) is 27.3. The molecule has 1 aliphatic heterocycles. The van der Waals surface area contributed by atoms with E-state index in [-0.39, 0.29) is 23.8 Å². The minimum absolute atomic E-state index is 0.00544. The van der Waals surface area contributed by atoms with E-state index < -0.39 is 0 Å². The molecule has 5 heteroatoms. The third-order valence-corrected chi connectivity index (χ3v) is 6.03. The highest BCUT2D eigenvalue weighted by molar-refractivity contribution is 5.92. The molecule has 4 rings (SSSR count). The first-order chi connectivity index (χ1) is 15.1. The molecule has 1 atom stereocenters. The lowest BCUT2D eigenvalue weighted by Gasteiger charge is -2.31. The topological polar surface area (TPSA) is 61.4 Å². The van der Waals surface area contributed by atoms with Gasteiger partial charge in [0.05, 0.1) is 12.6 Å². The smallest absolute Gasteiger partial charge is 0.234 e. The van der Waals surface area contributed by atoms with Crippen LogP contribution in [0, 0.1) is 5.92 Å². The summed E-state index contributed by atoms with van der Waals surface area (Å²) < 4.78 is 0. The number of nitrogens with zero attached hydrogens (tertiary/aromatic N) is 1. The predicted octanol–water partition coefficient (Wildman–Crippen LogP) is 4.37. The van der Waals surface area contributed by atoms with Crippen molar-refractivity contribution in [3.05, 3.63) is 78.4 Å². The number of amides is 2. The molecule has 5 nitrogen and oxygen atoms in total. The molecule has 31 heavy (non-hydrogen) atoms. The third-order valence-electron chi connectivity index (χ3n) is 6.03. The van der Waals surface area contributed by atoms with E-state index in [0.29, 0.717) is 6.54 Å². The fourth-order valence-corrected chi connectivity index (χ4v) is 4.32. The highest BCUT2D eigenvalue weighted by Gasteiger charge is 2.26. The van der Waals surface area contributed by atoms with Crippen molar-refractivity contribution in [2.45, 2.75) is 25.8 Å². The normalized spacial score (nSPS) is 16.0. The lowest BCUT2D eigenvalue weighted by atomic mass is 9.95. The van der Waals surface area contributed by atoms with Crippen LogP contribution in [0.15, 0.2) is 72.8 Å². The second kappa shape index (κ2) is 9.75. The molecule has 1 saturated heterocycles. The first-order valence-corrected chi connectivity index (χ1v) is 11.0. The van der Waals surface area contributed by atoms with Gasteiger partial charge in [-0.05, 0) is 61.3 Å². The van der Waals surface area contributed by atoms with Crippen LogP contribution in [0.5, 0.6) is 0 Å². The van der Waals surface area contributed by atoms with E-state index in [9.17, 15) is 9.59 Å². The number of carbonyl (C=O) groups excluding carboxylic acids is 2. The van der Waals surface area contributed by atoms with Gasteiger partial charge >= 0.3 is 0 Å². The van der Waals surface area contributed by atoms with Crippen LogP contribution in [0.4, 0.5) is 5.69 Å². The Morgan fingerprint density at radius 1 is 0.935 bits per heavy atom. The van der Waals surface area contributed by atoms with Crippen LogP contribution in [0.2, 0.25) is 0 Å². The number of hydrogen-bond donors (Lipinski definition) is 2.